The van der Waals surface area contributed by atoms with Gasteiger partial charge in [0.1, 0.15) is 36.3 Å². The molecule has 2 fully saturated rings. The molecule has 4 atom stereocenters. The largest absolute Gasteiger partial charge is 0.485 e. The van der Waals surface area contributed by atoms with Gasteiger partial charge in [-0.2, -0.15) is 0 Å². The first-order valence-electron chi connectivity index (χ1n) is 16.8. The summed E-state index contributed by atoms with van der Waals surface area (Å²) >= 11 is 13.5. The molecular weight excluding hydrogens is 687 g/mol. The van der Waals surface area contributed by atoms with Crippen LogP contribution in [-0.2, 0) is 23.2 Å². The second kappa shape index (κ2) is 17.5. The Hall–Kier alpha value is -3.04. The highest BCUT2D eigenvalue weighted by molar-refractivity contribution is 6.34. The van der Waals surface area contributed by atoms with Crippen molar-refractivity contribution in [1.29, 1.82) is 0 Å². The Morgan fingerprint density at radius 1 is 1.02 bits per heavy atom. The molecule has 12 nitrogen and oxygen atoms in total. The summed E-state index contributed by atoms with van der Waals surface area (Å²) in [4.78, 5) is 18.1. The summed E-state index contributed by atoms with van der Waals surface area (Å²) < 4.78 is 11.5. The molecule has 14 heteroatoms. The molecule has 1 aliphatic heterocycles. The molecule has 5 rings (SSSR count). The molecule has 3 aromatic rings. The van der Waals surface area contributed by atoms with Gasteiger partial charge in [-0.1, -0.05) is 41.4 Å². The first-order valence-corrected chi connectivity index (χ1v) is 17.6. The van der Waals surface area contributed by atoms with Gasteiger partial charge in [0, 0.05) is 53.7 Å². The van der Waals surface area contributed by atoms with E-state index in [2.05, 4.69) is 21.7 Å². The third-order valence-corrected chi connectivity index (χ3v) is 9.98. The summed E-state index contributed by atoms with van der Waals surface area (Å²) in [5.41, 5.74) is 4.77. The predicted octanol–water partition coefficient (Wildman–Crippen LogP) is 3.01. The zero-order valence-corrected chi connectivity index (χ0v) is 29.5. The van der Waals surface area contributed by atoms with Gasteiger partial charge in [0.05, 0.1) is 26.4 Å². The number of urea groups is 1. The number of aromatic nitrogens is 1. The van der Waals surface area contributed by atoms with Gasteiger partial charge in [-0.15, -0.1) is 0 Å². The third kappa shape index (κ3) is 9.44. The van der Waals surface area contributed by atoms with Crippen LogP contribution in [0.2, 0.25) is 10.0 Å². The Morgan fingerprint density at radius 3 is 2.42 bits per heavy atom. The van der Waals surface area contributed by atoms with Gasteiger partial charge < -0.3 is 50.5 Å². The van der Waals surface area contributed by atoms with E-state index < -0.39 is 37.1 Å². The van der Waals surface area contributed by atoms with Crippen molar-refractivity contribution in [3.8, 4) is 16.9 Å². The molecule has 2 aromatic carbocycles. The second-order valence-corrected chi connectivity index (χ2v) is 13.8. The van der Waals surface area contributed by atoms with Crippen molar-refractivity contribution in [2.45, 2.75) is 74.7 Å². The normalized spacial score (nSPS) is 17.7. The number of pyridine rings is 1. The average molecular weight is 734 g/mol. The molecule has 1 saturated heterocycles. The van der Waals surface area contributed by atoms with E-state index in [-0.39, 0.29) is 18.2 Å². The van der Waals surface area contributed by atoms with E-state index in [4.69, 9.17) is 37.8 Å². The van der Waals surface area contributed by atoms with Crippen molar-refractivity contribution in [3.05, 3.63) is 81.6 Å². The number of amides is 2. The van der Waals surface area contributed by atoms with Crippen molar-refractivity contribution >= 4 is 29.2 Å². The summed E-state index contributed by atoms with van der Waals surface area (Å²) in [6.07, 6.45) is 1.13. The van der Waals surface area contributed by atoms with E-state index in [1.54, 1.807) is 6.20 Å². The Labute approximate surface area is 302 Å². The maximum absolute atomic E-state index is 12.4. The van der Waals surface area contributed by atoms with Gasteiger partial charge in [-0.25, -0.2) is 4.79 Å². The maximum Gasteiger partial charge on any atom is 0.317 e. The molecule has 0 spiro atoms. The number of carbonyl (C=O) groups is 1. The number of likely N-dealkylation sites (N-methyl/N-ethyl adjacent to an activating group) is 1. The molecule has 1 saturated carbocycles. The van der Waals surface area contributed by atoms with Gasteiger partial charge >= 0.3 is 6.03 Å². The molecule has 0 bridgehead atoms. The first kappa shape index (κ1) is 38.2. The van der Waals surface area contributed by atoms with E-state index in [0.29, 0.717) is 49.2 Å². The summed E-state index contributed by atoms with van der Waals surface area (Å²) in [6, 6.07) is 13.4. The minimum absolute atomic E-state index is 0.0588. The van der Waals surface area contributed by atoms with Crippen molar-refractivity contribution in [3.63, 3.8) is 0 Å². The fourth-order valence-electron chi connectivity index (χ4n) is 5.96. The van der Waals surface area contributed by atoms with Crippen LogP contribution in [0, 0.1) is 0 Å². The molecule has 2 aliphatic rings. The number of aliphatic hydroxyl groups excluding tert-OH is 5. The SMILES string of the molecule is CN(CC(O)C(O)C(O)C(O)CO)C(=O)NCCCCc1cc(Cl)c(CNC2(c3cnccc3-c3ccccc3OC3COC3)CC2)cc1Cl. The fourth-order valence-corrected chi connectivity index (χ4v) is 6.49. The number of aliphatic hydroxyl groups is 5. The zero-order chi connectivity index (χ0) is 35.8. The minimum Gasteiger partial charge on any atom is -0.485 e. The van der Waals surface area contributed by atoms with Gasteiger partial charge in [0.15, 0.2) is 0 Å². The number of nitrogens with zero attached hydrogens (tertiary/aromatic N) is 2. The van der Waals surface area contributed by atoms with Gasteiger partial charge in [-0.3, -0.25) is 4.98 Å². The van der Waals surface area contributed by atoms with Crippen LogP contribution in [0.5, 0.6) is 5.75 Å². The molecule has 2 heterocycles. The number of para-hydroxylation sites is 1. The van der Waals surface area contributed by atoms with E-state index in [1.165, 1.54) is 7.05 Å². The molecule has 272 valence electrons. The van der Waals surface area contributed by atoms with Crippen molar-refractivity contribution in [2.24, 2.45) is 0 Å². The average Bonchev–Trinajstić information content (AvgIpc) is 3.90. The van der Waals surface area contributed by atoms with Crippen LogP contribution >= 0.6 is 23.2 Å². The number of nitrogens with one attached hydrogen (secondary N) is 2. The molecule has 4 unspecified atom stereocenters. The summed E-state index contributed by atoms with van der Waals surface area (Å²) in [5.74, 6) is 0.828. The lowest BCUT2D eigenvalue weighted by atomic mass is 9.94. The Bertz CT molecular complexity index is 1590. The highest BCUT2D eigenvalue weighted by Crippen LogP contribution is 2.50. The van der Waals surface area contributed by atoms with Crippen molar-refractivity contribution < 1.29 is 39.8 Å². The van der Waals surface area contributed by atoms with Crippen LogP contribution in [0.15, 0.2) is 54.9 Å². The van der Waals surface area contributed by atoms with Crippen LogP contribution in [-0.4, -0.2) is 112 Å². The molecule has 2 amide bonds. The molecular formula is C36H46Cl2N4O8. The lowest BCUT2D eigenvalue weighted by molar-refractivity contribution is -0.117. The number of hydrogen-bond acceptors (Lipinski definition) is 10. The van der Waals surface area contributed by atoms with Crippen LogP contribution in [0.4, 0.5) is 4.79 Å². The monoisotopic (exact) mass is 732 g/mol. The topological polar surface area (TPSA) is 177 Å². The van der Waals surface area contributed by atoms with E-state index in [0.717, 1.165) is 57.7 Å². The lowest BCUT2D eigenvalue weighted by Crippen LogP contribution is -2.51. The lowest BCUT2D eigenvalue weighted by Gasteiger charge is -2.28. The predicted molar refractivity (Wildman–Crippen MR) is 189 cm³/mol. The first-order chi connectivity index (χ1) is 24.0. The minimum atomic E-state index is -1.76. The van der Waals surface area contributed by atoms with E-state index in [1.807, 2.05) is 42.6 Å². The molecule has 0 radical (unpaired) electrons. The number of halogens is 2. The summed E-state index contributed by atoms with van der Waals surface area (Å²) in [5, 5.41) is 56.0. The number of ether oxygens (including phenoxy) is 2. The maximum atomic E-state index is 12.4. The van der Waals surface area contributed by atoms with Crippen LogP contribution < -0.4 is 15.4 Å². The van der Waals surface area contributed by atoms with Crippen LogP contribution in [0.1, 0.15) is 42.4 Å². The van der Waals surface area contributed by atoms with Crippen LogP contribution in [0.25, 0.3) is 11.1 Å². The fraction of sp³-hybridized carbons (Fsp3) is 0.500. The highest BCUT2D eigenvalue weighted by atomic mass is 35.5. The second-order valence-electron chi connectivity index (χ2n) is 13.0. The smallest absolute Gasteiger partial charge is 0.317 e. The third-order valence-electron chi connectivity index (χ3n) is 9.28. The van der Waals surface area contributed by atoms with E-state index in [9.17, 15) is 25.2 Å². The van der Waals surface area contributed by atoms with Gasteiger partial charge in [0.2, 0.25) is 0 Å². The zero-order valence-electron chi connectivity index (χ0n) is 28.0. The quantitative estimate of drug-likeness (QED) is 0.0963. The number of hydrogen-bond donors (Lipinski definition) is 7. The Kier molecular flexibility index (Phi) is 13.3. The standard InChI is InChI=1S/C36H46Cl2N4O8/c1-42(18-30(44)33(46)34(47)31(45)19-43)35(48)40-12-5-4-6-22-14-29(38)23(15-28(22)37)16-41-36(10-11-36)27-17-39-13-9-25(27)26-7-2-3-8-32(26)50-24-20-49-21-24/h2-3,7-9,13-15,17,24,30-31,33-34,41,43-47H,4-6,10-12,16,18-21H2,1H3,(H,40,48). The highest BCUT2D eigenvalue weighted by Gasteiger charge is 2.46. The summed E-state index contributed by atoms with van der Waals surface area (Å²) in [7, 11) is 1.43. The van der Waals surface area contributed by atoms with Crippen molar-refractivity contribution in [2.75, 3.05) is 40.0 Å². The Balaban J connectivity index is 1.11. The number of rotatable bonds is 18. The molecule has 1 aliphatic carbocycles. The number of benzene rings is 2. The molecule has 1 aromatic heterocycles. The number of aryl methyl sites for hydroxylation is 1. The number of unbranched alkanes of at least 4 members (excludes halogenated alkanes) is 1. The van der Waals surface area contributed by atoms with Crippen molar-refractivity contribution in [1.82, 2.24) is 20.5 Å². The number of carbonyl (C=O) groups excluding carboxylic acids is 1. The molecule has 50 heavy (non-hydrogen) atoms. The van der Waals surface area contributed by atoms with Gasteiger partial charge in [0.25, 0.3) is 0 Å². The van der Waals surface area contributed by atoms with E-state index >= 15 is 0 Å². The molecule has 7 N–H and O–H groups in total. The summed E-state index contributed by atoms with van der Waals surface area (Å²) in [6.45, 7) is 1.01. The van der Waals surface area contributed by atoms with Gasteiger partial charge in [-0.05, 0) is 78.6 Å². The Morgan fingerprint density at radius 2 is 1.72 bits per heavy atom. The van der Waals surface area contributed by atoms with Crippen LogP contribution in [0.3, 0.4) is 0 Å².